The summed E-state index contributed by atoms with van der Waals surface area (Å²) >= 11 is 5.53. The Morgan fingerprint density at radius 3 is 2.11 bits per heavy atom. The topological polar surface area (TPSA) is 102 Å². The molecule has 2 heterocycles. The Labute approximate surface area is 212 Å². The van der Waals surface area contributed by atoms with Crippen LogP contribution in [0.3, 0.4) is 0 Å². The van der Waals surface area contributed by atoms with Gasteiger partial charge in [-0.1, -0.05) is 20.8 Å². The van der Waals surface area contributed by atoms with Crippen molar-refractivity contribution in [3.05, 3.63) is 30.5 Å². The number of ether oxygens (including phenoxy) is 3. The fraction of sp³-hybridized carbons (Fsp3) is 0.440. The molecule has 0 amide bonds. The van der Waals surface area contributed by atoms with Gasteiger partial charge in [-0.05, 0) is 50.0 Å². The van der Waals surface area contributed by atoms with E-state index in [1.54, 1.807) is 39.7 Å². The molecule has 0 spiro atoms. The predicted octanol–water partition coefficient (Wildman–Crippen LogP) is 5.30. The Kier molecular flexibility index (Phi) is 7.84. The maximum atomic E-state index is 5.53. The lowest BCUT2D eigenvalue weighted by Gasteiger charge is -2.34. The summed E-state index contributed by atoms with van der Waals surface area (Å²) in [5.41, 5.74) is 1.84. The second-order valence-corrected chi connectivity index (χ2v) is 10.4. The molecule has 0 aliphatic heterocycles. The summed E-state index contributed by atoms with van der Waals surface area (Å²) in [4.78, 5) is 13.7. The molecule has 0 unspecified atom stereocenters. The van der Waals surface area contributed by atoms with E-state index in [0.29, 0.717) is 50.8 Å². The first-order chi connectivity index (χ1) is 16.4. The highest BCUT2D eigenvalue weighted by atomic mass is 32.1. The van der Waals surface area contributed by atoms with Gasteiger partial charge >= 0.3 is 0 Å². The number of hydrogen-bond donors (Lipinski definition) is 3. The Bertz CT molecular complexity index is 1180. The molecule has 3 aromatic rings. The Balaban J connectivity index is 1.79. The van der Waals surface area contributed by atoms with Gasteiger partial charge in [0.25, 0.3) is 0 Å². The lowest BCUT2D eigenvalue weighted by atomic mass is 9.82. The van der Waals surface area contributed by atoms with Crippen LogP contribution >= 0.6 is 12.2 Å². The van der Waals surface area contributed by atoms with Crippen molar-refractivity contribution in [2.45, 2.75) is 46.6 Å². The maximum absolute atomic E-state index is 5.53. The first-order valence-corrected chi connectivity index (χ1v) is 11.6. The molecule has 3 rings (SSSR count). The van der Waals surface area contributed by atoms with Crippen LogP contribution in [0.25, 0.3) is 11.2 Å². The maximum Gasteiger partial charge on any atom is 0.203 e. The monoisotopic (exact) mass is 498 g/mol. The zero-order valence-electron chi connectivity index (χ0n) is 21.6. The highest BCUT2D eigenvalue weighted by Gasteiger charge is 2.26. The molecular formula is C25H34N6O3S. The molecule has 10 heteroatoms. The fourth-order valence-electron chi connectivity index (χ4n) is 4.15. The minimum Gasteiger partial charge on any atom is -0.493 e. The van der Waals surface area contributed by atoms with Gasteiger partial charge in [-0.2, -0.15) is 0 Å². The molecule has 9 nitrogen and oxygen atoms in total. The van der Waals surface area contributed by atoms with E-state index in [1.165, 1.54) is 0 Å². The van der Waals surface area contributed by atoms with Crippen LogP contribution in [-0.2, 0) is 0 Å². The van der Waals surface area contributed by atoms with Gasteiger partial charge in [0.2, 0.25) is 5.75 Å². The number of methoxy groups -OCH3 is 3. The molecule has 0 saturated carbocycles. The Hall–Kier alpha value is -3.40. The van der Waals surface area contributed by atoms with Crippen molar-refractivity contribution < 1.29 is 14.2 Å². The summed E-state index contributed by atoms with van der Waals surface area (Å²) in [5, 5.41) is 10.3. The highest BCUT2D eigenvalue weighted by Crippen LogP contribution is 2.40. The van der Waals surface area contributed by atoms with Gasteiger partial charge in [0.15, 0.2) is 28.1 Å². The molecule has 0 atom stereocenters. The number of nitrogens with zero attached hydrogens (tertiary/aromatic N) is 3. The van der Waals surface area contributed by atoms with E-state index in [1.807, 2.05) is 12.1 Å². The summed E-state index contributed by atoms with van der Waals surface area (Å²) in [6.07, 6.45) is 2.59. The molecule has 0 radical (unpaired) electrons. The molecular weight excluding hydrogens is 464 g/mol. The zero-order chi connectivity index (χ0) is 25.8. The molecule has 1 aromatic carbocycles. The fourth-order valence-corrected chi connectivity index (χ4v) is 4.53. The number of aromatic nitrogens is 3. The molecule has 0 aliphatic rings. The molecule has 35 heavy (non-hydrogen) atoms. The van der Waals surface area contributed by atoms with Crippen LogP contribution in [0.2, 0.25) is 0 Å². The van der Waals surface area contributed by atoms with E-state index >= 15 is 0 Å². The average molecular weight is 499 g/mol. The highest BCUT2D eigenvalue weighted by molar-refractivity contribution is 7.80. The molecule has 188 valence electrons. The smallest absolute Gasteiger partial charge is 0.203 e. The summed E-state index contributed by atoms with van der Waals surface area (Å²) in [5.74, 6) is 2.67. The minimum absolute atomic E-state index is 0.170. The number of pyridine rings is 1. The number of benzene rings is 1. The second-order valence-electron chi connectivity index (χ2n) is 10.0. The van der Waals surface area contributed by atoms with E-state index < -0.39 is 0 Å². The molecule has 0 bridgehead atoms. The first kappa shape index (κ1) is 26.2. The van der Waals surface area contributed by atoms with Gasteiger partial charge < -0.3 is 30.2 Å². The van der Waals surface area contributed by atoms with Crippen LogP contribution in [0.4, 0.5) is 17.3 Å². The van der Waals surface area contributed by atoms with Crippen molar-refractivity contribution in [3.8, 4) is 17.2 Å². The summed E-state index contributed by atoms with van der Waals surface area (Å²) < 4.78 is 16.2. The number of nitrogens with one attached hydrogen (secondary N) is 3. The minimum atomic E-state index is -0.170. The van der Waals surface area contributed by atoms with Crippen molar-refractivity contribution >= 4 is 45.8 Å². The third-order valence-corrected chi connectivity index (χ3v) is 5.21. The molecule has 0 aliphatic carbocycles. The summed E-state index contributed by atoms with van der Waals surface area (Å²) in [6.45, 7) is 10.9. The van der Waals surface area contributed by atoms with Crippen molar-refractivity contribution in [1.29, 1.82) is 0 Å². The molecule has 2 aromatic heterocycles. The van der Waals surface area contributed by atoms with Crippen molar-refractivity contribution in [3.63, 3.8) is 0 Å². The second kappa shape index (κ2) is 10.5. The number of fused-ring (bicyclic) bond motifs is 1. The number of anilines is 3. The van der Waals surface area contributed by atoms with Gasteiger partial charge in [-0.3, -0.25) is 0 Å². The third kappa shape index (κ3) is 7.05. The lowest BCUT2D eigenvalue weighted by molar-refractivity contribution is 0.268. The van der Waals surface area contributed by atoms with Crippen molar-refractivity contribution in [2.24, 2.45) is 5.41 Å². The van der Waals surface area contributed by atoms with Gasteiger partial charge in [0, 0.05) is 23.4 Å². The van der Waals surface area contributed by atoms with E-state index in [0.717, 1.165) is 6.42 Å². The Morgan fingerprint density at radius 2 is 1.54 bits per heavy atom. The molecule has 3 N–H and O–H groups in total. The number of thiocarbonyl (C=S) groups is 1. The normalized spacial score (nSPS) is 11.7. The SMILES string of the molecule is COc1cc(Nc2cnc3ccc(NC(=S)NC(C)(C)CC(C)(C)C)nc3n2)cc(OC)c1OC. The molecule has 0 saturated heterocycles. The van der Waals surface area contributed by atoms with Crippen LogP contribution in [0.15, 0.2) is 30.5 Å². The van der Waals surface area contributed by atoms with Crippen molar-refractivity contribution in [1.82, 2.24) is 20.3 Å². The van der Waals surface area contributed by atoms with Crippen LogP contribution in [0.5, 0.6) is 17.2 Å². The van der Waals surface area contributed by atoms with Gasteiger partial charge in [-0.25, -0.2) is 15.0 Å². The lowest BCUT2D eigenvalue weighted by Crippen LogP contribution is -2.47. The van der Waals surface area contributed by atoms with E-state index in [2.05, 4.69) is 65.5 Å². The predicted molar refractivity (Wildman–Crippen MR) is 144 cm³/mol. The van der Waals surface area contributed by atoms with Gasteiger partial charge in [0.05, 0.1) is 27.5 Å². The molecule has 0 fully saturated rings. The number of rotatable bonds is 8. The quantitative estimate of drug-likeness (QED) is 0.355. The van der Waals surface area contributed by atoms with Crippen LogP contribution in [-0.4, -0.2) is 46.9 Å². The van der Waals surface area contributed by atoms with Crippen molar-refractivity contribution in [2.75, 3.05) is 32.0 Å². The van der Waals surface area contributed by atoms with Gasteiger partial charge in [-0.15, -0.1) is 0 Å². The summed E-state index contributed by atoms with van der Waals surface area (Å²) in [7, 11) is 4.70. The van der Waals surface area contributed by atoms with Crippen LogP contribution < -0.4 is 30.2 Å². The average Bonchev–Trinajstić information content (AvgIpc) is 2.75. The largest absolute Gasteiger partial charge is 0.493 e. The standard InChI is InChI=1S/C25H34N6O3S/c1-24(2,3)14-25(4,5)31-23(35)30-19-10-9-16-22(28-19)29-20(13-26-16)27-15-11-17(32-6)21(34-8)18(12-15)33-7/h9-13H,14H2,1-8H3,(H3,27,28,29,30,31,35). The van der Waals surface area contributed by atoms with E-state index in [9.17, 15) is 0 Å². The third-order valence-electron chi connectivity index (χ3n) is 5.01. The Morgan fingerprint density at radius 1 is 0.914 bits per heavy atom. The van der Waals surface area contributed by atoms with Gasteiger partial charge in [0.1, 0.15) is 11.3 Å². The van der Waals surface area contributed by atoms with E-state index in [-0.39, 0.29) is 11.0 Å². The van der Waals surface area contributed by atoms with E-state index in [4.69, 9.17) is 26.4 Å². The summed E-state index contributed by atoms with van der Waals surface area (Å²) in [6, 6.07) is 7.27. The van der Waals surface area contributed by atoms with Crippen LogP contribution in [0, 0.1) is 5.41 Å². The zero-order valence-corrected chi connectivity index (χ0v) is 22.4. The number of hydrogen-bond acceptors (Lipinski definition) is 8. The van der Waals surface area contributed by atoms with Crippen LogP contribution in [0.1, 0.15) is 41.0 Å². The first-order valence-electron chi connectivity index (χ1n) is 11.2.